The minimum Gasteiger partial charge on any atom is -0.508 e. The maximum atomic E-state index is 14.3. The molecule has 0 fully saturated rings. The van der Waals surface area contributed by atoms with Gasteiger partial charge in [-0.1, -0.05) is 42.5 Å². The zero-order valence-corrected chi connectivity index (χ0v) is 36.8. The highest BCUT2D eigenvalue weighted by atomic mass is 16.4. The highest BCUT2D eigenvalue weighted by Crippen LogP contribution is 2.20. The van der Waals surface area contributed by atoms with E-state index in [1.165, 1.54) is 48.5 Å². The number of phenolic OH excluding ortho intramolecular Hbond substituents is 2. The summed E-state index contributed by atoms with van der Waals surface area (Å²) in [5, 5.41) is 56.1. The van der Waals surface area contributed by atoms with Crippen molar-refractivity contribution in [2.24, 2.45) is 11.5 Å². The number of carboxylic acids is 2. The number of unbranched alkanes of at least 4 members (excludes halogenated alkanes) is 1. The minimum absolute atomic E-state index is 0.0854. The lowest BCUT2D eigenvalue weighted by atomic mass is 10.0. The molecule has 68 heavy (non-hydrogen) atoms. The van der Waals surface area contributed by atoms with Gasteiger partial charge in [0.05, 0.1) is 32.1 Å². The summed E-state index contributed by atoms with van der Waals surface area (Å²) < 4.78 is 0. The first-order chi connectivity index (χ1) is 32.4. The van der Waals surface area contributed by atoms with E-state index >= 15 is 0 Å². The van der Waals surface area contributed by atoms with E-state index < -0.39 is 110 Å². The van der Waals surface area contributed by atoms with Crippen molar-refractivity contribution in [1.82, 2.24) is 42.2 Å². The van der Waals surface area contributed by atoms with E-state index in [0.717, 1.165) is 10.9 Å². The Labute approximate surface area is 389 Å². The summed E-state index contributed by atoms with van der Waals surface area (Å²) in [6.07, 6.45) is 1.50. The first kappa shape index (κ1) is 52.6. The van der Waals surface area contributed by atoms with Crippen molar-refractivity contribution in [1.29, 1.82) is 0 Å². The highest BCUT2D eigenvalue weighted by molar-refractivity contribution is 5.97. The summed E-state index contributed by atoms with van der Waals surface area (Å²) in [6.45, 7) is -1.55. The van der Waals surface area contributed by atoms with Crippen molar-refractivity contribution < 1.29 is 63.6 Å². The van der Waals surface area contributed by atoms with Gasteiger partial charge in [-0.3, -0.25) is 38.4 Å². The van der Waals surface area contributed by atoms with Crippen molar-refractivity contribution in [2.45, 2.75) is 75.2 Å². The Hall–Kier alpha value is -8.05. The third-order valence-corrected chi connectivity index (χ3v) is 10.4. The van der Waals surface area contributed by atoms with E-state index in [-0.39, 0.29) is 37.2 Å². The Morgan fingerprint density at radius 1 is 0.559 bits per heavy atom. The lowest BCUT2D eigenvalue weighted by molar-refractivity contribution is -0.142. The number of fused-ring (bicyclic) bond motifs is 1. The number of hydrogen-bond acceptors (Lipinski definition) is 13. The normalized spacial score (nSPS) is 13.1. The summed E-state index contributed by atoms with van der Waals surface area (Å²) >= 11 is 0. The molecule has 16 N–H and O–H groups in total. The zero-order chi connectivity index (χ0) is 49.8. The summed E-state index contributed by atoms with van der Waals surface area (Å²) in [7, 11) is 0. The molecule has 0 saturated carbocycles. The predicted molar refractivity (Wildman–Crippen MR) is 243 cm³/mol. The van der Waals surface area contributed by atoms with Gasteiger partial charge in [0.1, 0.15) is 35.7 Å². The van der Waals surface area contributed by atoms with Crippen LogP contribution in [0.5, 0.6) is 11.5 Å². The van der Waals surface area contributed by atoms with E-state index in [9.17, 15) is 63.6 Å². The standard InChI is InChI=1S/C45H56N10O13/c46-16-4-3-7-33(45(67)68)52-39(60)24-50-37(58)22-49-38(59)23-51-42(64)34(17-25-8-12-28(56)13-9-25)54-43(65)35(18-26-10-14-29(57)15-11-26)55-44(66)36(53-41(63)31(47)20-40(61)62)19-27-21-48-32-6-2-1-5-30(27)32/h1-2,5-6,8-15,21,31,33-36,48,56-57H,3-4,7,16-20,22-24,46-47H2,(H,49,59)(H,50,58)(H,51,64)(H,52,60)(H,53,63)(H,54,65)(H,55,66)(H,61,62)(H,67,68)/t31-,33-,34-,35-,36-/m0/s1. The number of nitrogens with two attached hydrogens (primary N) is 2. The van der Waals surface area contributed by atoms with Crippen molar-refractivity contribution in [3.8, 4) is 11.5 Å². The summed E-state index contributed by atoms with van der Waals surface area (Å²) in [4.78, 5) is 119. The lowest BCUT2D eigenvalue weighted by Crippen LogP contribution is -2.59. The SMILES string of the molecule is NCCCC[C@H](NC(=O)CNC(=O)CNC(=O)CNC(=O)[C@H](Cc1ccc(O)cc1)NC(=O)[C@H](Cc1ccc(O)cc1)NC(=O)[C@H](Cc1c[nH]c2ccccc12)NC(=O)[C@@H](N)CC(=O)O)C(=O)O. The molecular weight excluding hydrogens is 889 g/mol. The molecule has 0 bridgehead atoms. The average molecular weight is 945 g/mol. The van der Waals surface area contributed by atoms with Gasteiger partial charge >= 0.3 is 11.9 Å². The number of aromatic hydroxyl groups is 2. The van der Waals surface area contributed by atoms with Crippen molar-refractivity contribution in [3.05, 3.63) is 95.7 Å². The molecule has 7 amide bonds. The molecule has 1 aromatic heterocycles. The molecule has 0 spiro atoms. The molecule has 5 atom stereocenters. The minimum atomic E-state index is -1.53. The molecule has 23 heteroatoms. The molecule has 0 radical (unpaired) electrons. The number of carboxylic acid groups (broad SMARTS) is 2. The van der Waals surface area contributed by atoms with Crippen molar-refractivity contribution in [3.63, 3.8) is 0 Å². The third kappa shape index (κ3) is 17.4. The number of amides is 7. The van der Waals surface area contributed by atoms with Gasteiger partial charge in [0.15, 0.2) is 0 Å². The van der Waals surface area contributed by atoms with Gasteiger partial charge in [-0.2, -0.15) is 0 Å². The number of aromatic amines is 1. The third-order valence-electron chi connectivity index (χ3n) is 10.4. The first-order valence-electron chi connectivity index (χ1n) is 21.4. The number of carbonyl (C=O) groups excluding carboxylic acids is 7. The van der Waals surface area contributed by atoms with Crippen LogP contribution in [0.15, 0.2) is 79.0 Å². The molecule has 364 valence electrons. The van der Waals surface area contributed by atoms with Crippen molar-refractivity contribution >= 4 is 64.2 Å². The van der Waals surface area contributed by atoms with Crippen LogP contribution in [-0.2, 0) is 62.4 Å². The molecular formula is C45H56N10O13. The Morgan fingerprint density at radius 2 is 1.06 bits per heavy atom. The van der Waals surface area contributed by atoms with Crippen LogP contribution in [0, 0.1) is 0 Å². The van der Waals surface area contributed by atoms with Crippen LogP contribution < -0.4 is 48.7 Å². The Kier molecular flexibility index (Phi) is 20.2. The Morgan fingerprint density at radius 3 is 1.60 bits per heavy atom. The highest BCUT2D eigenvalue weighted by Gasteiger charge is 2.32. The van der Waals surface area contributed by atoms with Crippen LogP contribution in [0.3, 0.4) is 0 Å². The summed E-state index contributed by atoms with van der Waals surface area (Å²) in [6, 6.07) is 11.5. The molecule has 0 aliphatic heterocycles. The van der Waals surface area contributed by atoms with Gasteiger partial charge < -0.3 is 74.1 Å². The van der Waals surface area contributed by atoms with Gasteiger partial charge in [-0.25, -0.2) is 4.79 Å². The van der Waals surface area contributed by atoms with E-state index in [2.05, 4.69) is 42.2 Å². The molecule has 1 heterocycles. The van der Waals surface area contributed by atoms with Crippen molar-refractivity contribution in [2.75, 3.05) is 26.2 Å². The smallest absolute Gasteiger partial charge is 0.326 e. The van der Waals surface area contributed by atoms with Gasteiger partial charge in [0, 0.05) is 36.4 Å². The first-order valence-corrected chi connectivity index (χ1v) is 21.4. The lowest BCUT2D eigenvalue weighted by Gasteiger charge is -2.26. The fourth-order valence-corrected chi connectivity index (χ4v) is 6.76. The van der Waals surface area contributed by atoms with Crippen LogP contribution in [0.1, 0.15) is 42.4 Å². The number of para-hydroxylation sites is 1. The van der Waals surface area contributed by atoms with E-state index in [0.29, 0.717) is 36.1 Å². The van der Waals surface area contributed by atoms with Crippen LogP contribution in [0.4, 0.5) is 0 Å². The molecule has 0 unspecified atom stereocenters. The summed E-state index contributed by atoms with van der Waals surface area (Å²) in [5.41, 5.74) is 13.5. The predicted octanol–water partition coefficient (Wildman–Crippen LogP) is -2.09. The second-order valence-electron chi connectivity index (χ2n) is 15.7. The van der Waals surface area contributed by atoms with Gasteiger partial charge in [-0.05, 0) is 72.8 Å². The second kappa shape index (κ2) is 26.2. The number of aromatic nitrogens is 1. The molecule has 0 aliphatic carbocycles. The number of carbonyl (C=O) groups is 9. The van der Waals surface area contributed by atoms with Crippen LogP contribution in [0.25, 0.3) is 10.9 Å². The summed E-state index contributed by atoms with van der Waals surface area (Å²) in [5.74, 6) is -8.83. The number of aliphatic carboxylic acids is 2. The molecule has 0 saturated heterocycles. The number of H-pyrrole nitrogens is 1. The quantitative estimate of drug-likeness (QED) is 0.0285. The Balaban J connectivity index is 1.48. The Bertz CT molecular complexity index is 2410. The van der Waals surface area contributed by atoms with Crippen LogP contribution >= 0.6 is 0 Å². The van der Waals surface area contributed by atoms with E-state index in [1.807, 2.05) is 0 Å². The molecule has 23 nitrogen and oxygen atoms in total. The van der Waals surface area contributed by atoms with E-state index in [1.54, 1.807) is 30.5 Å². The number of phenols is 2. The van der Waals surface area contributed by atoms with Gasteiger partial charge in [-0.15, -0.1) is 0 Å². The molecule has 4 aromatic rings. The van der Waals surface area contributed by atoms with Crippen LogP contribution in [0.2, 0.25) is 0 Å². The van der Waals surface area contributed by atoms with Crippen LogP contribution in [-0.4, -0.2) is 135 Å². The second-order valence-corrected chi connectivity index (χ2v) is 15.7. The molecule has 4 rings (SSSR count). The largest absolute Gasteiger partial charge is 0.508 e. The van der Waals surface area contributed by atoms with Gasteiger partial charge in [0.25, 0.3) is 0 Å². The monoisotopic (exact) mass is 944 g/mol. The molecule has 0 aliphatic rings. The zero-order valence-electron chi connectivity index (χ0n) is 36.8. The number of hydrogen-bond donors (Lipinski definition) is 14. The topological polar surface area (TPSA) is 387 Å². The maximum absolute atomic E-state index is 14.3. The fourth-order valence-electron chi connectivity index (χ4n) is 6.76. The average Bonchev–Trinajstić information content (AvgIpc) is 3.71. The number of rotatable bonds is 27. The fraction of sp³-hybridized carbons (Fsp3) is 0.356. The van der Waals surface area contributed by atoms with Gasteiger partial charge in [0.2, 0.25) is 41.4 Å². The number of nitrogens with one attached hydrogen (secondary N) is 8. The molecule has 3 aromatic carbocycles. The van der Waals surface area contributed by atoms with E-state index in [4.69, 9.17) is 11.5 Å². The maximum Gasteiger partial charge on any atom is 0.326 e. The number of benzene rings is 3.